The first-order valence-electron chi connectivity index (χ1n) is 4.91. The monoisotopic (exact) mass is 272 g/mol. The third-order valence-corrected chi connectivity index (χ3v) is 3.63. The molecular formula is C10H13BrN2O2. The van der Waals surface area contributed by atoms with Crippen LogP contribution in [0.2, 0.25) is 0 Å². The fraction of sp³-hybridized carbons (Fsp3) is 0.500. The molecule has 0 fully saturated rings. The van der Waals surface area contributed by atoms with Crippen molar-refractivity contribution in [3.05, 3.63) is 22.4 Å². The molecule has 1 amide bonds. The van der Waals surface area contributed by atoms with Gasteiger partial charge in [0.25, 0.3) is 5.91 Å². The van der Waals surface area contributed by atoms with Gasteiger partial charge in [-0.25, -0.2) is 0 Å². The summed E-state index contributed by atoms with van der Waals surface area (Å²) in [6.07, 6.45) is 0.536. The average molecular weight is 273 g/mol. The van der Waals surface area contributed by atoms with Crippen molar-refractivity contribution >= 4 is 21.8 Å². The quantitative estimate of drug-likeness (QED) is 0.813. The molecule has 2 unspecified atom stereocenters. The largest absolute Gasteiger partial charge is 0.368 e. The summed E-state index contributed by atoms with van der Waals surface area (Å²) in [5.74, 6) is -0.147. The molecule has 4 nitrogen and oxygen atoms in total. The molecule has 0 aliphatic carbocycles. The number of rotatable bonds is 1. The molecule has 1 aliphatic rings. The lowest BCUT2D eigenvalue weighted by Gasteiger charge is -2.40. The van der Waals surface area contributed by atoms with Gasteiger partial charge in [-0.05, 0) is 41.4 Å². The minimum absolute atomic E-state index is 0.147. The van der Waals surface area contributed by atoms with E-state index < -0.39 is 5.72 Å². The molecule has 1 aromatic heterocycles. The van der Waals surface area contributed by atoms with E-state index in [0.29, 0.717) is 12.1 Å². The van der Waals surface area contributed by atoms with Gasteiger partial charge in [-0.3, -0.25) is 9.36 Å². The zero-order chi connectivity index (χ0) is 11.2. The second kappa shape index (κ2) is 3.35. The number of aromatic nitrogens is 1. The Morgan fingerprint density at radius 2 is 2.33 bits per heavy atom. The molecule has 2 atom stereocenters. The van der Waals surface area contributed by atoms with Gasteiger partial charge in [0.1, 0.15) is 5.69 Å². The third-order valence-electron chi connectivity index (χ3n) is 3.01. The van der Waals surface area contributed by atoms with Crippen LogP contribution in [0.4, 0.5) is 0 Å². The number of nitrogens with zero attached hydrogens (tertiary/aromatic N) is 1. The third kappa shape index (κ3) is 1.33. The highest BCUT2D eigenvalue weighted by Gasteiger charge is 2.42. The van der Waals surface area contributed by atoms with E-state index in [0.717, 1.165) is 4.60 Å². The number of aliphatic hydroxyl groups is 1. The number of nitrogens with one attached hydrogen (secondary N) is 1. The lowest BCUT2D eigenvalue weighted by Crippen LogP contribution is -2.57. The maximum Gasteiger partial charge on any atom is 0.268 e. The number of hydrogen-bond acceptors (Lipinski definition) is 2. The van der Waals surface area contributed by atoms with Gasteiger partial charge in [-0.2, -0.15) is 0 Å². The molecule has 0 saturated carbocycles. The van der Waals surface area contributed by atoms with Crippen LogP contribution < -0.4 is 5.32 Å². The number of halogens is 1. The minimum atomic E-state index is -1.05. The summed E-state index contributed by atoms with van der Waals surface area (Å²) in [5.41, 5.74) is -0.560. The van der Waals surface area contributed by atoms with Crippen molar-refractivity contribution in [3.8, 4) is 0 Å². The van der Waals surface area contributed by atoms with Gasteiger partial charge in [0.05, 0.1) is 10.6 Å². The predicted molar refractivity (Wildman–Crippen MR) is 59.5 cm³/mol. The number of hydrogen-bond donors (Lipinski definition) is 2. The summed E-state index contributed by atoms with van der Waals surface area (Å²) in [6, 6.07) is 3.17. The van der Waals surface area contributed by atoms with Crippen LogP contribution in [-0.2, 0) is 5.72 Å². The molecule has 0 radical (unpaired) electrons. The predicted octanol–water partition coefficient (Wildman–Crippen LogP) is 1.44. The highest BCUT2D eigenvalue weighted by molar-refractivity contribution is 9.10. The van der Waals surface area contributed by atoms with E-state index in [1.165, 1.54) is 0 Å². The highest BCUT2D eigenvalue weighted by Crippen LogP contribution is 2.32. The van der Waals surface area contributed by atoms with E-state index in [1.54, 1.807) is 23.6 Å². The second-order valence-corrected chi connectivity index (χ2v) is 4.62. The minimum Gasteiger partial charge on any atom is -0.368 e. The summed E-state index contributed by atoms with van der Waals surface area (Å²) in [6.45, 7) is 3.70. The number of amides is 1. The van der Waals surface area contributed by atoms with Crippen molar-refractivity contribution in [2.24, 2.45) is 0 Å². The fourth-order valence-corrected chi connectivity index (χ4v) is 2.66. The van der Waals surface area contributed by atoms with Gasteiger partial charge in [-0.15, -0.1) is 0 Å². The topological polar surface area (TPSA) is 54.3 Å². The molecule has 0 aromatic carbocycles. The Morgan fingerprint density at radius 1 is 1.67 bits per heavy atom. The van der Waals surface area contributed by atoms with Gasteiger partial charge in [0.15, 0.2) is 5.72 Å². The zero-order valence-electron chi connectivity index (χ0n) is 8.62. The Kier molecular flexibility index (Phi) is 2.39. The molecule has 0 spiro atoms. The first-order valence-corrected chi connectivity index (χ1v) is 5.71. The Balaban J connectivity index is 2.65. The van der Waals surface area contributed by atoms with E-state index in [4.69, 9.17) is 0 Å². The molecule has 1 aromatic rings. The van der Waals surface area contributed by atoms with Crippen molar-refractivity contribution in [1.82, 2.24) is 9.88 Å². The molecule has 2 heterocycles. The smallest absolute Gasteiger partial charge is 0.268 e. The zero-order valence-corrected chi connectivity index (χ0v) is 10.2. The van der Waals surface area contributed by atoms with Crippen molar-refractivity contribution < 1.29 is 9.90 Å². The summed E-state index contributed by atoms with van der Waals surface area (Å²) >= 11 is 3.35. The fourth-order valence-electron chi connectivity index (χ4n) is 2.03. The lowest BCUT2D eigenvalue weighted by atomic mass is 9.99. The van der Waals surface area contributed by atoms with Crippen molar-refractivity contribution in [2.45, 2.75) is 32.0 Å². The van der Waals surface area contributed by atoms with Gasteiger partial charge in [0.2, 0.25) is 0 Å². The maximum absolute atomic E-state index is 11.6. The number of fused-ring (bicyclic) bond motifs is 1. The standard InChI is InChI=1S/C10H13BrN2O2/c1-3-10(15)6(2)12-9(14)7-4-5-8(11)13(7)10/h4-6,15H,3H2,1-2H3,(H,12,14). The normalized spacial score (nSPS) is 29.9. The average Bonchev–Trinajstić information content (AvgIpc) is 2.58. The van der Waals surface area contributed by atoms with E-state index >= 15 is 0 Å². The summed E-state index contributed by atoms with van der Waals surface area (Å²) in [4.78, 5) is 11.6. The van der Waals surface area contributed by atoms with Crippen LogP contribution in [0.5, 0.6) is 0 Å². The van der Waals surface area contributed by atoms with E-state index in [2.05, 4.69) is 21.2 Å². The van der Waals surface area contributed by atoms with Gasteiger partial charge < -0.3 is 10.4 Å². The molecular weight excluding hydrogens is 260 g/mol. The first kappa shape index (κ1) is 10.7. The Labute approximate surface area is 96.4 Å². The second-order valence-electron chi connectivity index (χ2n) is 3.80. The molecule has 5 heteroatoms. The van der Waals surface area contributed by atoms with Gasteiger partial charge >= 0.3 is 0 Å². The maximum atomic E-state index is 11.6. The van der Waals surface area contributed by atoms with Crippen molar-refractivity contribution in [3.63, 3.8) is 0 Å². The van der Waals surface area contributed by atoms with Gasteiger partial charge in [-0.1, -0.05) is 6.92 Å². The molecule has 1 aliphatic heterocycles. The van der Waals surface area contributed by atoms with Crippen LogP contribution >= 0.6 is 15.9 Å². The summed E-state index contributed by atoms with van der Waals surface area (Å²) in [5, 5.41) is 13.3. The van der Waals surface area contributed by atoms with E-state index in [-0.39, 0.29) is 11.9 Å². The molecule has 2 rings (SSSR count). The van der Waals surface area contributed by atoms with Crippen LogP contribution in [0, 0.1) is 0 Å². The summed E-state index contributed by atoms with van der Waals surface area (Å²) < 4.78 is 2.37. The Hall–Kier alpha value is -0.810. The Morgan fingerprint density at radius 3 is 2.93 bits per heavy atom. The van der Waals surface area contributed by atoms with Crippen LogP contribution in [0.3, 0.4) is 0 Å². The first-order chi connectivity index (χ1) is 7.00. The van der Waals surface area contributed by atoms with E-state index in [1.807, 2.05) is 6.92 Å². The molecule has 15 heavy (non-hydrogen) atoms. The van der Waals surface area contributed by atoms with Crippen molar-refractivity contribution in [2.75, 3.05) is 0 Å². The van der Waals surface area contributed by atoms with Crippen molar-refractivity contribution in [1.29, 1.82) is 0 Å². The number of carbonyl (C=O) groups excluding carboxylic acids is 1. The SMILES string of the molecule is CCC1(O)C(C)NC(=O)c2ccc(Br)n21. The lowest BCUT2D eigenvalue weighted by molar-refractivity contribution is -0.0776. The van der Waals surface area contributed by atoms with Gasteiger partial charge in [0, 0.05) is 0 Å². The van der Waals surface area contributed by atoms with Crippen LogP contribution in [0.25, 0.3) is 0 Å². The van der Waals surface area contributed by atoms with E-state index in [9.17, 15) is 9.90 Å². The van der Waals surface area contributed by atoms with Crippen LogP contribution in [0.15, 0.2) is 16.7 Å². The summed E-state index contributed by atoms with van der Waals surface area (Å²) in [7, 11) is 0. The highest BCUT2D eigenvalue weighted by atomic mass is 79.9. The molecule has 82 valence electrons. The Bertz CT molecular complexity index is 416. The van der Waals surface area contributed by atoms with Crippen LogP contribution in [0.1, 0.15) is 30.8 Å². The molecule has 2 N–H and O–H groups in total. The number of carbonyl (C=O) groups is 1. The molecule has 0 saturated heterocycles. The molecule has 0 bridgehead atoms. The van der Waals surface area contributed by atoms with Crippen LogP contribution in [-0.4, -0.2) is 21.6 Å².